The standard InChI is InChI=1S/C14H17F3N2OS/c15-14(16,17)11-7-9(4-5-12(11)18)13(20)19-8-10-3-1-2-6-21-10/h4-5,7,10H,1-3,6,8,18H2,(H,19,20). The Morgan fingerprint density at radius 2 is 2.14 bits per heavy atom. The van der Waals surface area contributed by atoms with E-state index < -0.39 is 17.6 Å². The first-order valence-electron chi connectivity index (χ1n) is 6.74. The Balaban J connectivity index is 2.02. The number of hydrogen-bond donors (Lipinski definition) is 2. The normalized spacial score (nSPS) is 19.3. The SMILES string of the molecule is Nc1ccc(C(=O)NCC2CCCCS2)cc1C(F)(F)F. The van der Waals surface area contributed by atoms with Crippen LogP contribution in [0.25, 0.3) is 0 Å². The second-order valence-electron chi connectivity index (χ2n) is 5.00. The number of amides is 1. The van der Waals surface area contributed by atoms with Crippen molar-refractivity contribution in [2.24, 2.45) is 0 Å². The van der Waals surface area contributed by atoms with Gasteiger partial charge in [-0.1, -0.05) is 6.42 Å². The van der Waals surface area contributed by atoms with Crippen LogP contribution < -0.4 is 11.1 Å². The van der Waals surface area contributed by atoms with Gasteiger partial charge in [-0.3, -0.25) is 4.79 Å². The average Bonchev–Trinajstić information content (AvgIpc) is 2.45. The Labute approximate surface area is 125 Å². The van der Waals surface area contributed by atoms with E-state index in [1.54, 1.807) is 11.8 Å². The van der Waals surface area contributed by atoms with Crippen molar-refractivity contribution in [3.8, 4) is 0 Å². The number of alkyl halides is 3. The summed E-state index contributed by atoms with van der Waals surface area (Å²) in [5.74, 6) is 0.576. The average molecular weight is 318 g/mol. The van der Waals surface area contributed by atoms with Gasteiger partial charge in [-0.2, -0.15) is 24.9 Å². The molecule has 0 radical (unpaired) electrons. The van der Waals surface area contributed by atoms with Crippen LogP contribution in [0.1, 0.15) is 35.2 Å². The highest BCUT2D eigenvalue weighted by atomic mass is 32.2. The number of nitrogen functional groups attached to an aromatic ring is 1. The first kappa shape index (κ1) is 16.0. The summed E-state index contributed by atoms with van der Waals surface area (Å²) in [4.78, 5) is 11.9. The first-order chi connectivity index (χ1) is 9.88. The lowest BCUT2D eigenvalue weighted by molar-refractivity contribution is -0.136. The van der Waals surface area contributed by atoms with E-state index in [0.717, 1.165) is 30.7 Å². The number of nitrogens with two attached hydrogens (primary N) is 1. The molecule has 116 valence electrons. The molecule has 0 spiro atoms. The van der Waals surface area contributed by atoms with Gasteiger partial charge in [-0.15, -0.1) is 0 Å². The van der Waals surface area contributed by atoms with Gasteiger partial charge in [0, 0.05) is 23.0 Å². The summed E-state index contributed by atoms with van der Waals surface area (Å²) in [6, 6.07) is 3.24. The van der Waals surface area contributed by atoms with Crippen molar-refractivity contribution in [2.75, 3.05) is 18.0 Å². The second kappa shape index (κ2) is 6.60. The third-order valence-corrected chi connectivity index (χ3v) is 4.78. The van der Waals surface area contributed by atoms with Gasteiger partial charge >= 0.3 is 6.18 Å². The summed E-state index contributed by atoms with van der Waals surface area (Å²) < 4.78 is 38.3. The number of carbonyl (C=O) groups is 1. The molecule has 2 rings (SSSR count). The highest BCUT2D eigenvalue weighted by Gasteiger charge is 2.33. The molecule has 7 heteroatoms. The summed E-state index contributed by atoms with van der Waals surface area (Å²) in [6.07, 6.45) is -1.21. The molecule has 1 aliphatic heterocycles. The zero-order valence-corrected chi connectivity index (χ0v) is 12.2. The summed E-state index contributed by atoms with van der Waals surface area (Å²) in [5, 5.41) is 3.04. The van der Waals surface area contributed by atoms with E-state index in [4.69, 9.17) is 5.73 Å². The minimum atomic E-state index is -4.56. The lowest BCUT2D eigenvalue weighted by Gasteiger charge is -2.21. The molecule has 3 nitrogen and oxygen atoms in total. The minimum absolute atomic E-state index is 0.0164. The number of hydrogen-bond acceptors (Lipinski definition) is 3. The van der Waals surface area contributed by atoms with Crippen LogP contribution in [0, 0.1) is 0 Å². The summed E-state index contributed by atoms with van der Waals surface area (Å²) in [6.45, 7) is 0.481. The molecule has 3 N–H and O–H groups in total. The molecule has 0 aliphatic carbocycles. The van der Waals surface area contributed by atoms with E-state index in [1.807, 2.05) is 0 Å². The monoisotopic (exact) mass is 318 g/mol. The fourth-order valence-corrected chi connectivity index (χ4v) is 3.46. The maximum atomic E-state index is 12.8. The molecule has 1 fully saturated rings. The molecule has 0 bridgehead atoms. The maximum absolute atomic E-state index is 12.8. The molecule has 1 heterocycles. The number of rotatable bonds is 3. The van der Waals surface area contributed by atoms with Crippen molar-refractivity contribution in [2.45, 2.75) is 30.7 Å². The van der Waals surface area contributed by atoms with Crippen LogP contribution in [0.4, 0.5) is 18.9 Å². The minimum Gasteiger partial charge on any atom is -0.398 e. The van der Waals surface area contributed by atoms with E-state index in [1.165, 1.54) is 12.5 Å². The van der Waals surface area contributed by atoms with Crippen molar-refractivity contribution in [3.63, 3.8) is 0 Å². The summed E-state index contributed by atoms with van der Waals surface area (Å²) in [5.41, 5.74) is 3.95. The molecule has 1 aliphatic rings. The predicted octanol–water partition coefficient (Wildman–Crippen LogP) is 3.30. The lowest BCUT2D eigenvalue weighted by atomic mass is 10.1. The van der Waals surface area contributed by atoms with Gasteiger partial charge < -0.3 is 11.1 Å². The van der Waals surface area contributed by atoms with Crippen LogP contribution >= 0.6 is 11.8 Å². The third-order valence-electron chi connectivity index (χ3n) is 3.39. The molecule has 1 amide bonds. The molecule has 1 aromatic carbocycles. The number of anilines is 1. The zero-order valence-electron chi connectivity index (χ0n) is 11.4. The van der Waals surface area contributed by atoms with E-state index >= 15 is 0 Å². The van der Waals surface area contributed by atoms with Crippen LogP contribution in [0.3, 0.4) is 0 Å². The molecule has 1 atom stereocenters. The van der Waals surface area contributed by atoms with Gasteiger partial charge in [0.1, 0.15) is 0 Å². The van der Waals surface area contributed by atoms with Crippen LogP contribution in [0.5, 0.6) is 0 Å². The Morgan fingerprint density at radius 1 is 1.38 bits per heavy atom. The number of benzene rings is 1. The van der Waals surface area contributed by atoms with Gasteiger partial charge in [-0.05, 0) is 36.8 Å². The van der Waals surface area contributed by atoms with Crippen LogP contribution in [-0.2, 0) is 6.18 Å². The third kappa shape index (κ3) is 4.30. The van der Waals surface area contributed by atoms with Gasteiger partial charge in [0.15, 0.2) is 0 Å². The Morgan fingerprint density at radius 3 is 2.76 bits per heavy atom. The van der Waals surface area contributed by atoms with E-state index in [-0.39, 0.29) is 11.3 Å². The molecule has 1 aromatic rings. The van der Waals surface area contributed by atoms with Gasteiger partial charge in [0.25, 0.3) is 5.91 Å². The summed E-state index contributed by atoms with van der Waals surface area (Å²) >= 11 is 1.80. The quantitative estimate of drug-likeness (QED) is 0.841. The highest BCUT2D eigenvalue weighted by molar-refractivity contribution is 7.99. The number of nitrogens with one attached hydrogen (secondary N) is 1. The molecule has 0 saturated carbocycles. The summed E-state index contributed by atoms with van der Waals surface area (Å²) in [7, 11) is 0. The van der Waals surface area contributed by atoms with Crippen molar-refractivity contribution >= 4 is 23.4 Å². The fraction of sp³-hybridized carbons (Fsp3) is 0.500. The second-order valence-corrected chi connectivity index (χ2v) is 6.41. The zero-order chi connectivity index (χ0) is 15.5. The topological polar surface area (TPSA) is 55.1 Å². The Bertz CT molecular complexity index is 513. The van der Waals surface area contributed by atoms with Crippen LogP contribution in [-0.4, -0.2) is 23.5 Å². The van der Waals surface area contributed by atoms with Gasteiger partial charge in [0.2, 0.25) is 0 Å². The molecule has 1 saturated heterocycles. The predicted molar refractivity (Wildman–Crippen MR) is 78.3 cm³/mol. The molecule has 21 heavy (non-hydrogen) atoms. The van der Waals surface area contributed by atoms with Gasteiger partial charge in [0.05, 0.1) is 5.56 Å². The Hall–Kier alpha value is -1.37. The Kier molecular flexibility index (Phi) is 5.03. The van der Waals surface area contributed by atoms with Crippen molar-refractivity contribution < 1.29 is 18.0 Å². The van der Waals surface area contributed by atoms with E-state index in [0.29, 0.717) is 11.8 Å². The van der Waals surface area contributed by atoms with Crippen molar-refractivity contribution in [3.05, 3.63) is 29.3 Å². The van der Waals surface area contributed by atoms with Crippen LogP contribution in [0.2, 0.25) is 0 Å². The lowest BCUT2D eigenvalue weighted by Crippen LogP contribution is -2.32. The first-order valence-corrected chi connectivity index (χ1v) is 7.79. The van der Waals surface area contributed by atoms with E-state index in [9.17, 15) is 18.0 Å². The molecule has 0 aromatic heterocycles. The maximum Gasteiger partial charge on any atom is 0.418 e. The molecular weight excluding hydrogens is 301 g/mol. The van der Waals surface area contributed by atoms with Crippen LogP contribution in [0.15, 0.2) is 18.2 Å². The largest absolute Gasteiger partial charge is 0.418 e. The van der Waals surface area contributed by atoms with Gasteiger partial charge in [-0.25, -0.2) is 0 Å². The fourth-order valence-electron chi connectivity index (χ4n) is 2.22. The molecule has 1 unspecified atom stereocenters. The number of thioether (sulfide) groups is 1. The smallest absolute Gasteiger partial charge is 0.398 e. The van der Waals surface area contributed by atoms with Crippen molar-refractivity contribution in [1.82, 2.24) is 5.32 Å². The van der Waals surface area contributed by atoms with E-state index in [2.05, 4.69) is 5.32 Å². The number of carbonyl (C=O) groups excluding carboxylic acids is 1. The molecular formula is C14H17F3N2OS. The van der Waals surface area contributed by atoms with Crippen molar-refractivity contribution in [1.29, 1.82) is 0 Å². The highest BCUT2D eigenvalue weighted by Crippen LogP contribution is 2.34. The number of halogens is 3.